The maximum Gasteiger partial charge on any atom is 0.185 e. The third kappa shape index (κ3) is 4.08. The van der Waals surface area contributed by atoms with Crippen LogP contribution < -0.4 is 0 Å². The molecule has 2 atom stereocenters. The number of likely N-dealkylation sites (N-methyl/N-ethyl adjacent to an activating group) is 1. The number of rotatable bonds is 6. The zero-order chi connectivity index (χ0) is 14.5. The highest BCUT2D eigenvalue weighted by molar-refractivity contribution is 5.95. The lowest BCUT2D eigenvalue weighted by molar-refractivity contribution is 0.0717. The number of ketones is 1. The van der Waals surface area contributed by atoms with Gasteiger partial charge in [0.05, 0.1) is 12.3 Å². The van der Waals surface area contributed by atoms with E-state index in [9.17, 15) is 9.18 Å². The molecule has 0 aromatic carbocycles. The van der Waals surface area contributed by atoms with Gasteiger partial charge in [-0.05, 0) is 32.0 Å². The van der Waals surface area contributed by atoms with Crippen molar-refractivity contribution < 1.29 is 13.9 Å². The molecule has 1 aliphatic heterocycles. The molecule has 110 valence electrons. The number of aromatic nitrogens is 1. The van der Waals surface area contributed by atoms with E-state index in [1.54, 1.807) is 0 Å². The highest BCUT2D eigenvalue weighted by Crippen LogP contribution is 2.14. The van der Waals surface area contributed by atoms with Gasteiger partial charge in [0.1, 0.15) is 11.5 Å². The molecular formula is C15H21FN2O2. The number of carbonyl (C=O) groups excluding carboxylic acids is 1. The number of halogens is 1. The number of carbonyl (C=O) groups is 1. The molecule has 20 heavy (non-hydrogen) atoms. The van der Waals surface area contributed by atoms with Gasteiger partial charge in [0.25, 0.3) is 0 Å². The standard InChI is InChI=1S/C15H21FN2O2/c1-11(9-18(2)10-13-4-3-7-20-13)15(19)14-6-5-12(16)8-17-14/h5-6,8,11,13H,3-4,7,9-10H2,1-2H3. The van der Waals surface area contributed by atoms with Crippen LogP contribution in [0.3, 0.4) is 0 Å². The molecule has 1 aromatic heterocycles. The largest absolute Gasteiger partial charge is 0.377 e. The van der Waals surface area contributed by atoms with Gasteiger partial charge in [0, 0.05) is 25.6 Å². The van der Waals surface area contributed by atoms with E-state index < -0.39 is 5.82 Å². The number of ether oxygens (including phenoxy) is 1. The summed E-state index contributed by atoms with van der Waals surface area (Å²) in [6.07, 6.45) is 3.57. The lowest BCUT2D eigenvalue weighted by Crippen LogP contribution is -2.34. The first-order valence-electron chi connectivity index (χ1n) is 7.02. The molecule has 2 rings (SSSR count). The summed E-state index contributed by atoms with van der Waals surface area (Å²) < 4.78 is 18.4. The summed E-state index contributed by atoms with van der Waals surface area (Å²) in [5.41, 5.74) is 0.324. The minimum atomic E-state index is -0.426. The molecular weight excluding hydrogens is 259 g/mol. The smallest absolute Gasteiger partial charge is 0.185 e. The Bertz CT molecular complexity index is 444. The van der Waals surface area contributed by atoms with E-state index in [1.165, 1.54) is 12.1 Å². The lowest BCUT2D eigenvalue weighted by Gasteiger charge is -2.23. The van der Waals surface area contributed by atoms with Gasteiger partial charge in [0.15, 0.2) is 5.78 Å². The van der Waals surface area contributed by atoms with Crippen LogP contribution >= 0.6 is 0 Å². The zero-order valence-corrected chi connectivity index (χ0v) is 12.0. The molecule has 1 aliphatic rings. The summed E-state index contributed by atoms with van der Waals surface area (Å²) in [4.78, 5) is 18.1. The first kappa shape index (κ1) is 15.1. The molecule has 2 unspecified atom stereocenters. The van der Waals surface area contributed by atoms with Crippen LogP contribution in [-0.4, -0.2) is 48.5 Å². The average Bonchev–Trinajstić information content (AvgIpc) is 2.91. The van der Waals surface area contributed by atoms with Gasteiger partial charge in [-0.3, -0.25) is 9.78 Å². The van der Waals surface area contributed by atoms with Crippen LogP contribution in [0.5, 0.6) is 0 Å². The van der Waals surface area contributed by atoms with Crippen LogP contribution in [0.15, 0.2) is 18.3 Å². The fourth-order valence-corrected chi connectivity index (χ4v) is 2.53. The van der Waals surface area contributed by atoms with E-state index >= 15 is 0 Å². The summed E-state index contributed by atoms with van der Waals surface area (Å²) in [6, 6.07) is 2.71. The van der Waals surface area contributed by atoms with Gasteiger partial charge in [-0.25, -0.2) is 4.39 Å². The van der Waals surface area contributed by atoms with Gasteiger partial charge < -0.3 is 9.64 Å². The molecule has 1 saturated heterocycles. The number of Topliss-reactive ketones (excluding diaryl/α,β-unsaturated/α-hetero) is 1. The van der Waals surface area contributed by atoms with Gasteiger partial charge in [0.2, 0.25) is 0 Å². The topological polar surface area (TPSA) is 42.4 Å². The average molecular weight is 280 g/mol. The molecule has 0 saturated carbocycles. The molecule has 4 nitrogen and oxygen atoms in total. The second kappa shape index (κ2) is 6.90. The van der Waals surface area contributed by atoms with Crippen molar-refractivity contribution in [1.82, 2.24) is 9.88 Å². The van der Waals surface area contributed by atoms with Crippen LogP contribution in [0.25, 0.3) is 0 Å². The maximum absolute atomic E-state index is 12.8. The molecule has 0 amide bonds. The van der Waals surface area contributed by atoms with E-state index in [0.717, 1.165) is 32.2 Å². The summed E-state index contributed by atoms with van der Waals surface area (Å²) in [5, 5.41) is 0. The highest BCUT2D eigenvalue weighted by Gasteiger charge is 2.21. The number of hydrogen-bond acceptors (Lipinski definition) is 4. The van der Waals surface area contributed by atoms with Crippen LogP contribution in [0, 0.1) is 11.7 Å². The molecule has 0 aliphatic carbocycles. The fourth-order valence-electron chi connectivity index (χ4n) is 2.53. The van der Waals surface area contributed by atoms with E-state index in [-0.39, 0.29) is 17.8 Å². The first-order chi connectivity index (χ1) is 9.56. The van der Waals surface area contributed by atoms with Gasteiger partial charge >= 0.3 is 0 Å². The van der Waals surface area contributed by atoms with E-state index in [2.05, 4.69) is 9.88 Å². The van der Waals surface area contributed by atoms with Gasteiger partial charge in [-0.2, -0.15) is 0 Å². The van der Waals surface area contributed by atoms with Crippen LogP contribution in [-0.2, 0) is 4.74 Å². The van der Waals surface area contributed by atoms with Crippen molar-refractivity contribution in [2.24, 2.45) is 5.92 Å². The minimum absolute atomic E-state index is 0.0517. The lowest BCUT2D eigenvalue weighted by atomic mass is 10.0. The Labute approximate surface area is 118 Å². The fraction of sp³-hybridized carbons (Fsp3) is 0.600. The minimum Gasteiger partial charge on any atom is -0.377 e. The van der Waals surface area contributed by atoms with Crippen molar-refractivity contribution in [3.8, 4) is 0 Å². The predicted molar refractivity (Wildman–Crippen MR) is 74.2 cm³/mol. The monoisotopic (exact) mass is 280 g/mol. The normalized spacial score (nSPS) is 20.3. The molecule has 1 fully saturated rings. The summed E-state index contributed by atoms with van der Waals surface area (Å²) >= 11 is 0. The molecule has 2 heterocycles. The number of hydrogen-bond donors (Lipinski definition) is 0. The zero-order valence-electron chi connectivity index (χ0n) is 12.0. The Morgan fingerprint density at radius 1 is 1.60 bits per heavy atom. The van der Waals surface area contributed by atoms with Gasteiger partial charge in [-0.1, -0.05) is 6.92 Å². The van der Waals surface area contributed by atoms with Crippen LogP contribution in [0.4, 0.5) is 4.39 Å². The predicted octanol–water partition coefficient (Wildman–Crippen LogP) is 2.15. The molecule has 0 N–H and O–H groups in total. The second-order valence-electron chi connectivity index (χ2n) is 5.48. The Balaban J connectivity index is 1.85. The quantitative estimate of drug-likeness (QED) is 0.749. The maximum atomic E-state index is 12.8. The van der Waals surface area contributed by atoms with Crippen molar-refractivity contribution in [3.63, 3.8) is 0 Å². The SMILES string of the molecule is CC(CN(C)CC1CCCO1)C(=O)c1ccc(F)cn1. The highest BCUT2D eigenvalue weighted by atomic mass is 19.1. The number of pyridine rings is 1. The van der Waals surface area contributed by atoms with Crippen LogP contribution in [0.1, 0.15) is 30.3 Å². The Morgan fingerprint density at radius 3 is 3.00 bits per heavy atom. The van der Waals surface area contributed by atoms with E-state index in [0.29, 0.717) is 12.2 Å². The van der Waals surface area contributed by atoms with Crippen molar-refractivity contribution >= 4 is 5.78 Å². The van der Waals surface area contributed by atoms with E-state index in [1.807, 2.05) is 14.0 Å². The molecule has 5 heteroatoms. The number of nitrogens with zero attached hydrogens (tertiary/aromatic N) is 2. The molecule has 0 spiro atoms. The Kier molecular flexibility index (Phi) is 5.20. The van der Waals surface area contributed by atoms with Crippen molar-refractivity contribution in [2.45, 2.75) is 25.9 Å². The summed E-state index contributed by atoms with van der Waals surface area (Å²) in [5.74, 6) is -0.645. The van der Waals surface area contributed by atoms with E-state index in [4.69, 9.17) is 4.74 Å². The summed E-state index contributed by atoms with van der Waals surface area (Å²) in [6.45, 7) is 4.21. The van der Waals surface area contributed by atoms with Gasteiger partial charge in [-0.15, -0.1) is 0 Å². The third-order valence-corrected chi connectivity index (χ3v) is 3.55. The second-order valence-corrected chi connectivity index (χ2v) is 5.48. The van der Waals surface area contributed by atoms with Crippen molar-refractivity contribution in [3.05, 3.63) is 29.8 Å². The summed E-state index contributed by atoms with van der Waals surface area (Å²) in [7, 11) is 1.99. The molecule has 1 aromatic rings. The van der Waals surface area contributed by atoms with Crippen molar-refractivity contribution in [2.75, 3.05) is 26.7 Å². The Hall–Kier alpha value is -1.33. The third-order valence-electron chi connectivity index (χ3n) is 3.55. The first-order valence-corrected chi connectivity index (χ1v) is 7.02. The molecule has 0 radical (unpaired) electrons. The molecule has 0 bridgehead atoms. The Morgan fingerprint density at radius 2 is 2.40 bits per heavy atom. The van der Waals surface area contributed by atoms with Crippen molar-refractivity contribution in [1.29, 1.82) is 0 Å². The van der Waals surface area contributed by atoms with Crippen LogP contribution in [0.2, 0.25) is 0 Å².